The molecule has 0 radical (unpaired) electrons. The number of aryl methyl sites for hydroxylation is 1. The molecule has 0 aliphatic rings. The fourth-order valence-electron chi connectivity index (χ4n) is 2.04. The minimum atomic E-state index is -0.780. The number of hydrogen-bond donors (Lipinski definition) is 1. The summed E-state index contributed by atoms with van der Waals surface area (Å²) in [6.07, 6.45) is 0. The van der Waals surface area contributed by atoms with Crippen LogP contribution in [0.15, 0.2) is 24.3 Å². The van der Waals surface area contributed by atoms with Crippen LogP contribution in [0.2, 0.25) is 0 Å². The number of likely N-dealkylation sites (N-methyl/N-ethyl adjacent to an activating group) is 1. The highest BCUT2D eigenvalue weighted by Gasteiger charge is 2.26. The molecule has 1 rings (SSSR count). The minimum Gasteiger partial charge on any atom is -0.480 e. The molecular formula is C15H23NO2. The van der Waals surface area contributed by atoms with Crippen molar-refractivity contribution in [3.63, 3.8) is 0 Å². The molecule has 0 spiro atoms. The molecule has 3 heteroatoms. The third kappa shape index (κ3) is 3.57. The predicted molar refractivity (Wildman–Crippen MR) is 73.9 cm³/mol. The maximum Gasteiger partial charge on any atom is 0.320 e. The predicted octanol–water partition coefficient (Wildman–Crippen LogP) is 2.68. The Balaban J connectivity index is 2.81. The van der Waals surface area contributed by atoms with E-state index in [-0.39, 0.29) is 5.41 Å². The van der Waals surface area contributed by atoms with Crippen molar-refractivity contribution in [2.24, 2.45) is 0 Å². The first-order chi connectivity index (χ1) is 8.24. The Morgan fingerprint density at radius 1 is 1.33 bits per heavy atom. The number of carboxylic acids is 1. The van der Waals surface area contributed by atoms with Gasteiger partial charge >= 0.3 is 5.97 Å². The van der Waals surface area contributed by atoms with Crippen LogP contribution < -0.4 is 0 Å². The molecule has 0 amide bonds. The van der Waals surface area contributed by atoms with Crippen LogP contribution in [0, 0.1) is 6.92 Å². The van der Waals surface area contributed by atoms with Crippen molar-refractivity contribution in [2.75, 3.05) is 13.6 Å². The summed E-state index contributed by atoms with van der Waals surface area (Å²) in [6.45, 7) is 8.78. The summed E-state index contributed by atoms with van der Waals surface area (Å²) in [5, 5.41) is 9.01. The maximum atomic E-state index is 11.0. The van der Waals surface area contributed by atoms with Crippen LogP contribution in [-0.4, -0.2) is 35.6 Å². The average Bonchev–Trinajstić information content (AvgIpc) is 2.27. The molecular weight excluding hydrogens is 226 g/mol. The zero-order valence-corrected chi connectivity index (χ0v) is 11.9. The summed E-state index contributed by atoms with van der Waals surface area (Å²) in [4.78, 5) is 12.8. The molecule has 1 aromatic rings. The summed E-state index contributed by atoms with van der Waals surface area (Å²) >= 11 is 0. The van der Waals surface area contributed by atoms with Gasteiger partial charge in [0.05, 0.1) is 0 Å². The zero-order valence-electron chi connectivity index (χ0n) is 11.9. The number of aliphatic carboxylic acids is 1. The molecule has 0 aliphatic carbocycles. The second kappa shape index (κ2) is 5.53. The van der Waals surface area contributed by atoms with Crippen molar-refractivity contribution < 1.29 is 9.90 Å². The lowest BCUT2D eigenvalue weighted by Crippen LogP contribution is -2.43. The van der Waals surface area contributed by atoms with E-state index in [1.165, 1.54) is 11.1 Å². The largest absolute Gasteiger partial charge is 0.480 e. The molecule has 0 fully saturated rings. The highest BCUT2D eigenvalue weighted by molar-refractivity contribution is 5.72. The van der Waals surface area contributed by atoms with Gasteiger partial charge in [-0.05, 0) is 26.5 Å². The monoisotopic (exact) mass is 249 g/mol. The van der Waals surface area contributed by atoms with Crippen LogP contribution >= 0.6 is 0 Å². The normalized spacial score (nSPS) is 13.7. The van der Waals surface area contributed by atoms with E-state index in [0.717, 1.165) is 0 Å². The van der Waals surface area contributed by atoms with Crippen LogP contribution in [0.1, 0.15) is 31.9 Å². The Kier molecular flexibility index (Phi) is 4.52. The van der Waals surface area contributed by atoms with Gasteiger partial charge in [-0.2, -0.15) is 0 Å². The van der Waals surface area contributed by atoms with Crippen LogP contribution in [-0.2, 0) is 10.2 Å². The molecule has 0 saturated carbocycles. The van der Waals surface area contributed by atoms with Crippen LogP contribution in [0.5, 0.6) is 0 Å². The number of carbonyl (C=O) groups is 1. The molecule has 1 atom stereocenters. The van der Waals surface area contributed by atoms with E-state index >= 15 is 0 Å². The van der Waals surface area contributed by atoms with Crippen molar-refractivity contribution in [3.05, 3.63) is 35.4 Å². The Morgan fingerprint density at radius 2 is 1.83 bits per heavy atom. The van der Waals surface area contributed by atoms with E-state index in [0.29, 0.717) is 6.54 Å². The van der Waals surface area contributed by atoms with Gasteiger partial charge in [0.15, 0.2) is 0 Å². The topological polar surface area (TPSA) is 40.5 Å². The van der Waals surface area contributed by atoms with Gasteiger partial charge in [-0.1, -0.05) is 43.7 Å². The quantitative estimate of drug-likeness (QED) is 0.872. The van der Waals surface area contributed by atoms with Crippen molar-refractivity contribution >= 4 is 5.97 Å². The highest BCUT2D eigenvalue weighted by atomic mass is 16.4. The van der Waals surface area contributed by atoms with Gasteiger partial charge in [0.1, 0.15) is 6.04 Å². The summed E-state index contributed by atoms with van der Waals surface area (Å²) in [5.41, 5.74) is 2.41. The van der Waals surface area contributed by atoms with Crippen LogP contribution in [0.4, 0.5) is 0 Å². The number of carboxylic acid groups (broad SMARTS) is 1. The van der Waals surface area contributed by atoms with E-state index in [1.807, 2.05) is 11.9 Å². The van der Waals surface area contributed by atoms with Crippen LogP contribution in [0.3, 0.4) is 0 Å². The summed E-state index contributed by atoms with van der Waals surface area (Å²) < 4.78 is 0. The fourth-order valence-corrected chi connectivity index (χ4v) is 2.04. The molecule has 100 valence electrons. The van der Waals surface area contributed by atoms with Gasteiger partial charge in [-0.25, -0.2) is 0 Å². The van der Waals surface area contributed by atoms with E-state index in [2.05, 4.69) is 45.0 Å². The first kappa shape index (κ1) is 14.7. The van der Waals surface area contributed by atoms with Gasteiger partial charge in [-0.15, -0.1) is 0 Å². The van der Waals surface area contributed by atoms with E-state index in [1.54, 1.807) is 6.92 Å². The SMILES string of the molecule is Cc1ccc(C(C)(C)CN(C)C(C)C(=O)O)cc1. The fraction of sp³-hybridized carbons (Fsp3) is 0.533. The smallest absolute Gasteiger partial charge is 0.320 e. The highest BCUT2D eigenvalue weighted by Crippen LogP contribution is 2.25. The minimum absolute atomic E-state index is 0.0633. The summed E-state index contributed by atoms with van der Waals surface area (Å²) in [7, 11) is 1.86. The Labute approximate surface area is 109 Å². The lowest BCUT2D eigenvalue weighted by molar-refractivity contribution is -0.142. The number of rotatable bonds is 5. The summed E-state index contributed by atoms with van der Waals surface area (Å²) in [6, 6.07) is 7.97. The molecule has 0 bridgehead atoms. The maximum absolute atomic E-state index is 11.0. The van der Waals surface area contributed by atoms with Gasteiger partial charge in [-0.3, -0.25) is 9.69 Å². The van der Waals surface area contributed by atoms with E-state index in [4.69, 9.17) is 5.11 Å². The standard InChI is InChI=1S/C15H23NO2/c1-11-6-8-13(9-7-11)15(3,4)10-16(5)12(2)14(17)18/h6-9,12H,10H2,1-5H3,(H,17,18). The molecule has 0 aliphatic heterocycles. The van der Waals surface area contributed by atoms with Gasteiger partial charge in [0.2, 0.25) is 0 Å². The molecule has 18 heavy (non-hydrogen) atoms. The number of hydrogen-bond acceptors (Lipinski definition) is 2. The molecule has 1 N–H and O–H groups in total. The molecule has 1 aromatic carbocycles. The van der Waals surface area contributed by atoms with Crippen molar-refractivity contribution in [2.45, 2.75) is 39.2 Å². The molecule has 0 heterocycles. The van der Waals surface area contributed by atoms with E-state index in [9.17, 15) is 4.79 Å². The Bertz CT molecular complexity index is 409. The molecule has 0 aromatic heterocycles. The van der Waals surface area contributed by atoms with Gasteiger partial charge < -0.3 is 5.11 Å². The Hall–Kier alpha value is -1.35. The third-order valence-corrected chi connectivity index (χ3v) is 3.50. The lowest BCUT2D eigenvalue weighted by atomic mass is 9.83. The first-order valence-corrected chi connectivity index (χ1v) is 6.24. The van der Waals surface area contributed by atoms with Crippen LogP contribution in [0.25, 0.3) is 0 Å². The summed E-state index contributed by atoms with van der Waals surface area (Å²) in [5.74, 6) is -0.780. The van der Waals surface area contributed by atoms with Crippen molar-refractivity contribution in [1.82, 2.24) is 4.90 Å². The molecule has 3 nitrogen and oxygen atoms in total. The van der Waals surface area contributed by atoms with Gasteiger partial charge in [0, 0.05) is 12.0 Å². The Morgan fingerprint density at radius 3 is 2.28 bits per heavy atom. The average molecular weight is 249 g/mol. The number of nitrogens with zero attached hydrogens (tertiary/aromatic N) is 1. The second-order valence-electron chi connectivity index (χ2n) is 5.68. The van der Waals surface area contributed by atoms with E-state index < -0.39 is 12.0 Å². The van der Waals surface area contributed by atoms with Gasteiger partial charge in [0.25, 0.3) is 0 Å². The zero-order chi connectivity index (χ0) is 13.9. The van der Waals surface area contributed by atoms with Crippen molar-refractivity contribution in [1.29, 1.82) is 0 Å². The lowest BCUT2D eigenvalue weighted by Gasteiger charge is -2.32. The van der Waals surface area contributed by atoms with Crippen molar-refractivity contribution in [3.8, 4) is 0 Å². The number of benzene rings is 1. The second-order valence-corrected chi connectivity index (χ2v) is 5.68. The first-order valence-electron chi connectivity index (χ1n) is 6.24. The molecule has 1 unspecified atom stereocenters. The molecule has 0 saturated heterocycles. The third-order valence-electron chi connectivity index (χ3n) is 3.50.